The van der Waals surface area contributed by atoms with Gasteiger partial charge in [-0.15, -0.1) is 0 Å². The van der Waals surface area contributed by atoms with Crippen molar-refractivity contribution < 1.29 is 22.7 Å². The quantitative estimate of drug-likeness (QED) is 0.916. The molecule has 1 aromatic carbocycles. The first-order chi connectivity index (χ1) is 11.9. The van der Waals surface area contributed by atoms with Crippen molar-refractivity contribution in [2.24, 2.45) is 0 Å². The molecule has 0 bridgehead atoms. The van der Waals surface area contributed by atoms with Gasteiger partial charge in [0.2, 0.25) is 5.91 Å². The maximum absolute atomic E-state index is 12.5. The largest absolute Gasteiger partial charge is 0.416 e. The minimum absolute atomic E-state index is 0.000581. The van der Waals surface area contributed by atoms with Crippen LogP contribution < -0.4 is 5.32 Å². The summed E-state index contributed by atoms with van der Waals surface area (Å²) in [6.45, 7) is 1.39. The number of amides is 1. The molecule has 1 amide bonds. The fourth-order valence-electron chi connectivity index (χ4n) is 2.75. The van der Waals surface area contributed by atoms with Crippen LogP contribution in [-0.2, 0) is 22.1 Å². The Morgan fingerprint density at radius 3 is 2.56 bits per heavy atom. The second-order valence-electron chi connectivity index (χ2n) is 5.97. The van der Waals surface area contributed by atoms with Crippen LogP contribution in [0.15, 0.2) is 36.7 Å². The average Bonchev–Trinajstić information content (AvgIpc) is 3.03. The van der Waals surface area contributed by atoms with Crippen LogP contribution in [0.1, 0.15) is 30.0 Å². The molecule has 1 aliphatic rings. The lowest BCUT2D eigenvalue weighted by Gasteiger charge is -2.22. The Morgan fingerprint density at radius 1 is 1.24 bits per heavy atom. The summed E-state index contributed by atoms with van der Waals surface area (Å²) in [5.74, 6) is -0.300. The molecule has 1 fully saturated rings. The van der Waals surface area contributed by atoms with Crippen molar-refractivity contribution in [3.63, 3.8) is 0 Å². The van der Waals surface area contributed by atoms with Crippen LogP contribution in [0.3, 0.4) is 0 Å². The van der Waals surface area contributed by atoms with Gasteiger partial charge in [-0.3, -0.25) is 9.48 Å². The van der Waals surface area contributed by atoms with Gasteiger partial charge < -0.3 is 10.1 Å². The highest BCUT2D eigenvalue weighted by atomic mass is 19.4. The standard InChI is InChI=1S/C17H18F3N3O2/c18-17(19,20)13-3-1-12(2-4-13)9-16(24)22-14-10-21-23(11-14)15-5-7-25-8-6-15/h1-4,10-11,15H,5-9H2,(H,22,24). The maximum Gasteiger partial charge on any atom is 0.416 e. The van der Waals surface area contributed by atoms with Crippen molar-refractivity contribution in [3.05, 3.63) is 47.8 Å². The summed E-state index contributed by atoms with van der Waals surface area (Å²) in [4.78, 5) is 12.1. The zero-order chi connectivity index (χ0) is 17.9. The number of alkyl halides is 3. The first kappa shape index (κ1) is 17.5. The second kappa shape index (κ2) is 7.26. The molecule has 0 saturated carbocycles. The Morgan fingerprint density at radius 2 is 1.92 bits per heavy atom. The predicted octanol–water partition coefficient (Wildman–Crippen LogP) is 3.43. The van der Waals surface area contributed by atoms with E-state index in [1.807, 2.05) is 4.68 Å². The molecule has 0 radical (unpaired) electrons. The van der Waals surface area contributed by atoms with E-state index in [2.05, 4.69) is 10.4 Å². The lowest BCUT2D eigenvalue weighted by atomic mass is 10.1. The number of carbonyl (C=O) groups excluding carboxylic acids is 1. The first-order valence-electron chi connectivity index (χ1n) is 8.00. The smallest absolute Gasteiger partial charge is 0.381 e. The SMILES string of the molecule is O=C(Cc1ccc(C(F)(F)F)cc1)Nc1cnn(C2CCOCC2)c1. The lowest BCUT2D eigenvalue weighted by molar-refractivity contribution is -0.137. The summed E-state index contributed by atoms with van der Waals surface area (Å²) in [5, 5.41) is 6.98. The molecule has 1 aliphatic heterocycles. The van der Waals surface area contributed by atoms with Gasteiger partial charge in [-0.05, 0) is 30.5 Å². The van der Waals surface area contributed by atoms with E-state index in [-0.39, 0.29) is 18.4 Å². The molecular weight excluding hydrogens is 335 g/mol. The molecule has 2 aromatic rings. The van der Waals surface area contributed by atoms with Crippen LogP contribution in [0.5, 0.6) is 0 Å². The zero-order valence-electron chi connectivity index (χ0n) is 13.4. The molecule has 5 nitrogen and oxygen atoms in total. The van der Waals surface area contributed by atoms with E-state index in [0.717, 1.165) is 25.0 Å². The molecule has 0 unspecified atom stereocenters. The molecule has 0 spiro atoms. The number of anilines is 1. The minimum atomic E-state index is -4.38. The van der Waals surface area contributed by atoms with Crippen molar-refractivity contribution in [3.8, 4) is 0 Å². The molecule has 8 heteroatoms. The fraction of sp³-hybridized carbons (Fsp3) is 0.412. The molecule has 1 N–H and O–H groups in total. The van der Waals surface area contributed by atoms with Gasteiger partial charge in [0.15, 0.2) is 0 Å². The third-order valence-electron chi connectivity index (χ3n) is 4.10. The number of nitrogens with one attached hydrogen (secondary N) is 1. The molecular formula is C17H18F3N3O2. The fourth-order valence-corrected chi connectivity index (χ4v) is 2.75. The number of halogens is 3. The van der Waals surface area contributed by atoms with Gasteiger partial charge in [-0.25, -0.2) is 0 Å². The second-order valence-corrected chi connectivity index (χ2v) is 5.97. The van der Waals surface area contributed by atoms with Crippen LogP contribution in [-0.4, -0.2) is 28.9 Å². The molecule has 0 aliphatic carbocycles. The van der Waals surface area contributed by atoms with Crippen molar-refractivity contribution in [1.29, 1.82) is 0 Å². The summed E-state index contributed by atoms with van der Waals surface area (Å²) in [6.07, 6.45) is 0.710. The number of hydrogen-bond donors (Lipinski definition) is 1. The van der Waals surface area contributed by atoms with Crippen molar-refractivity contribution >= 4 is 11.6 Å². The summed E-state index contributed by atoms with van der Waals surface area (Å²) in [6, 6.07) is 4.84. The summed E-state index contributed by atoms with van der Waals surface area (Å²) in [7, 11) is 0. The number of nitrogens with zero attached hydrogens (tertiary/aromatic N) is 2. The molecule has 2 heterocycles. The van der Waals surface area contributed by atoms with Gasteiger partial charge in [0.1, 0.15) is 0 Å². The molecule has 25 heavy (non-hydrogen) atoms. The summed E-state index contributed by atoms with van der Waals surface area (Å²) >= 11 is 0. The van der Waals surface area contributed by atoms with Crippen molar-refractivity contribution in [1.82, 2.24) is 9.78 Å². The molecule has 1 aromatic heterocycles. The Kier molecular flexibility index (Phi) is 5.08. The zero-order valence-corrected chi connectivity index (χ0v) is 13.4. The maximum atomic E-state index is 12.5. The van der Waals surface area contributed by atoms with Gasteiger partial charge >= 0.3 is 6.18 Å². The van der Waals surface area contributed by atoms with Gasteiger partial charge in [0.05, 0.1) is 29.9 Å². The molecule has 134 valence electrons. The number of hydrogen-bond acceptors (Lipinski definition) is 3. The van der Waals surface area contributed by atoms with E-state index >= 15 is 0 Å². The normalized spacial score (nSPS) is 16.0. The van der Waals surface area contributed by atoms with E-state index in [0.29, 0.717) is 24.5 Å². The van der Waals surface area contributed by atoms with E-state index in [1.54, 1.807) is 12.4 Å². The molecule has 1 saturated heterocycles. The van der Waals surface area contributed by atoms with E-state index in [1.165, 1.54) is 12.1 Å². The summed E-state index contributed by atoms with van der Waals surface area (Å²) < 4.78 is 44.7. The highest BCUT2D eigenvalue weighted by Crippen LogP contribution is 2.29. The third-order valence-corrected chi connectivity index (χ3v) is 4.10. The van der Waals surface area contributed by atoms with E-state index in [4.69, 9.17) is 4.74 Å². The Balaban J connectivity index is 1.56. The predicted molar refractivity (Wildman–Crippen MR) is 85.1 cm³/mol. The summed E-state index contributed by atoms with van der Waals surface area (Å²) in [5.41, 5.74) is 0.361. The highest BCUT2D eigenvalue weighted by molar-refractivity contribution is 5.91. The van der Waals surface area contributed by atoms with Crippen molar-refractivity contribution in [2.75, 3.05) is 18.5 Å². The van der Waals surface area contributed by atoms with Gasteiger partial charge in [-0.2, -0.15) is 18.3 Å². The number of benzene rings is 1. The Labute approximate surface area is 142 Å². The Hall–Kier alpha value is -2.35. The van der Waals surface area contributed by atoms with Crippen LogP contribution >= 0.6 is 0 Å². The van der Waals surface area contributed by atoms with Crippen LogP contribution in [0, 0.1) is 0 Å². The number of aromatic nitrogens is 2. The van der Waals surface area contributed by atoms with Gasteiger partial charge in [0, 0.05) is 19.4 Å². The van der Waals surface area contributed by atoms with E-state index < -0.39 is 11.7 Å². The molecule has 3 rings (SSSR count). The van der Waals surface area contributed by atoms with Gasteiger partial charge in [0.25, 0.3) is 0 Å². The highest BCUT2D eigenvalue weighted by Gasteiger charge is 2.30. The lowest BCUT2D eigenvalue weighted by Crippen LogP contribution is -2.20. The number of ether oxygens (including phenoxy) is 1. The van der Waals surface area contributed by atoms with Crippen LogP contribution in [0.2, 0.25) is 0 Å². The van der Waals surface area contributed by atoms with Crippen LogP contribution in [0.4, 0.5) is 18.9 Å². The minimum Gasteiger partial charge on any atom is -0.381 e. The van der Waals surface area contributed by atoms with E-state index in [9.17, 15) is 18.0 Å². The number of carbonyl (C=O) groups is 1. The van der Waals surface area contributed by atoms with Crippen LogP contribution in [0.25, 0.3) is 0 Å². The van der Waals surface area contributed by atoms with Crippen molar-refractivity contribution in [2.45, 2.75) is 31.5 Å². The average molecular weight is 353 g/mol. The third kappa shape index (κ3) is 4.60. The van der Waals surface area contributed by atoms with Gasteiger partial charge in [-0.1, -0.05) is 12.1 Å². The Bertz CT molecular complexity index is 719. The molecule has 0 atom stereocenters. The first-order valence-corrected chi connectivity index (χ1v) is 8.00. The number of rotatable bonds is 4. The topological polar surface area (TPSA) is 56.2 Å². The monoisotopic (exact) mass is 353 g/mol.